The number of thiazole rings is 1. The van der Waals surface area contributed by atoms with Crippen LogP contribution in [0.2, 0.25) is 0 Å². The summed E-state index contributed by atoms with van der Waals surface area (Å²) in [7, 11) is 0. The Morgan fingerprint density at radius 3 is 2.77 bits per heavy atom. The molecular weight excluding hydrogens is 459 g/mol. The van der Waals surface area contributed by atoms with Crippen LogP contribution in [0, 0.1) is 6.92 Å². The minimum atomic E-state index is 0. The highest BCUT2D eigenvalue weighted by Gasteiger charge is 2.00. The highest BCUT2D eigenvalue weighted by Crippen LogP contribution is 2.07. The summed E-state index contributed by atoms with van der Waals surface area (Å²) in [6.45, 7) is 7.56. The van der Waals surface area contributed by atoms with Crippen LogP contribution >= 0.6 is 35.3 Å². The molecule has 2 aromatic rings. The Balaban J connectivity index is 0.00000338. The fourth-order valence-electron chi connectivity index (χ4n) is 2.29. The Hall–Kier alpha value is -1.42. The third-order valence-corrected chi connectivity index (χ3v) is 4.33. The SMILES string of the molecule is CCNC(=NCCCCNc1ccccn1)NCCc1csc(C)n1.I. The molecule has 0 aliphatic carbocycles. The lowest BCUT2D eigenvalue weighted by Gasteiger charge is -2.10. The fourth-order valence-corrected chi connectivity index (χ4v) is 2.93. The lowest BCUT2D eigenvalue weighted by atomic mass is 10.3. The molecule has 0 aliphatic rings. The number of guanidine groups is 1. The summed E-state index contributed by atoms with van der Waals surface area (Å²) in [4.78, 5) is 13.4. The molecule has 6 nitrogen and oxygen atoms in total. The first-order valence-corrected chi connectivity index (χ1v) is 9.74. The minimum Gasteiger partial charge on any atom is -0.370 e. The van der Waals surface area contributed by atoms with Crippen molar-refractivity contribution in [3.8, 4) is 0 Å². The van der Waals surface area contributed by atoms with Gasteiger partial charge < -0.3 is 16.0 Å². The van der Waals surface area contributed by atoms with Crippen molar-refractivity contribution < 1.29 is 0 Å². The molecule has 0 aromatic carbocycles. The molecule has 26 heavy (non-hydrogen) atoms. The molecule has 8 heteroatoms. The zero-order chi connectivity index (χ0) is 17.7. The van der Waals surface area contributed by atoms with Crippen LogP contribution in [-0.4, -0.2) is 42.1 Å². The highest BCUT2D eigenvalue weighted by atomic mass is 127. The molecule has 0 bridgehead atoms. The largest absolute Gasteiger partial charge is 0.370 e. The summed E-state index contributed by atoms with van der Waals surface area (Å²) in [6, 6.07) is 5.89. The van der Waals surface area contributed by atoms with E-state index in [4.69, 9.17) is 0 Å². The van der Waals surface area contributed by atoms with Crippen LogP contribution in [0.25, 0.3) is 0 Å². The number of aliphatic imine (C=N–C) groups is 1. The number of nitrogens with zero attached hydrogens (tertiary/aromatic N) is 3. The molecule has 0 aliphatic heterocycles. The Morgan fingerprint density at radius 1 is 1.19 bits per heavy atom. The van der Waals surface area contributed by atoms with E-state index >= 15 is 0 Å². The zero-order valence-electron chi connectivity index (χ0n) is 15.5. The zero-order valence-corrected chi connectivity index (χ0v) is 18.6. The number of aromatic nitrogens is 2. The van der Waals surface area contributed by atoms with E-state index in [9.17, 15) is 0 Å². The van der Waals surface area contributed by atoms with Gasteiger partial charge in [0, 0.05) is 44.2 Å². The number of anilines is 1. The van der Waals surface area contributed by atoms with Crippen LogP contribution in [0.15, 0.2) is 34.8 Å². The maximum absolute atomic E-state index is 4.63. The van der Waals surface area contributed by atoms with E-state index in [1.54, 1.807) is 17.5 Å². The van der Waals surface area contributed by atoms with Gasteiger partial charge in [-0.05, 0) is 38.8 Å². The summed E-state index contributed by atoms with van der Waals surface area (Å²) in [5.41, 5.74) is 1.14. The number of rotatable bonds is 10. The van der Waals surface area contributed by atoms with E-state index in [1.165, 1.54) is 0 Å². The van der Waals surface area contributed by atoms with Crippen LogP contribution in [-0.2, 0) is 6.42 Å². The number of hydrogen-bond donors (Lipinski definition) is 3. The van der Waals surface area contributed by atoms with E-state index in [-0.39, 0.29) is 24.0 Å². The van der Waals surface area contributed by atoms with Gasteiger partial charge in [-0.1, -0.05) is 6.07 Å². The maximum Gasteiger partial charge on any atom is 0.191 e. The van der Waals surface area contributed by atoms with E-state index in [2.05, 4.69) is 43.2 Å². The Morgan fingerprint density at radius 2 is 2.08 bits per heavy atom. The molecule has 0 spiro atoms. The molecule has 2 aromatic heterocycles. The van der Waals surface area contributed by atoms with Gasteiger partial charge in [0.1, 0.15) is 5.82 Å². The van der Waals surface area contributed by atoms with Crippen molar-refractivity contribution >= 4 is 47.1 Å². The number of pyridine rings is 1. The monoisotopic (exact) mass is 488 g/mol. The van der Waals surface area contributed by atoms with Crippen LogP contribution in [0.1, 0.15) is 30.5 Å². The first-order valence-electron chi connectivity index (χ1n) is 8.86. The topological polar surface area (TPSA) is 74.2 Å². The summed E-state index contributed by atoms with van der Waals surface area (Å²) in [5.74, 6) is 1.81. The van der Waals surface area contributed by atoms with Gasteiger partial charge in [-0.2, -0.15) is 0 Å². The van der Waals surface area contributed by atoms with Gasteiger partial charge in [0.15, 0.2) is 5.96 Å². The second kappa shape index (κ2) is 13.7. The van der Waals surface area contributed by atoms with Crippen LogP contribution in [0.4, 0.5) is 5.82 Å². The van der Waals surface area contributed by atoms with Gasteiger partial charge in [0.25, 0.3) is 0 Å². The Labute approximate surface area is 177 Å². The number of halogens is 1. The number of hydrogen-bond acceptors (Lipinski definition) is 5. The smallest absolute Gasteiger partial charge is 0.191 e. The van der Waals surface area contributed by atoms with Crippen molar-refractivity contribution in [1.29, 1.82) is 0 Å². The minimum absolute atomic E-state index is 0. The molecule has 3 N–H and O–H groups in total. The van der Waals surface area contributed by atoms with Crippen molar-refractivity contribution in [3.05, 3.63) is 40.5 Å². The fraction of sp³-hybridized carbons (Fsp3) is 0.500. The maximum atomic E-state index is 4.63. The first-order chi connectivity index (χ1) is 12.3. The van der Waals surface area contributed by atoms with Crippen molar-refractivity contribution in [2.75, 3.05) is 31.5 Å². The lowest BCUT2D eigenvalue weighted by Crippen LogP contribution is -2.38. The van der Waals surface area contributed by atoms with Crippen LogP contribution in [0.3, 0.4) is 0 Å². The predicted molar refractivity (Wildman–Crippen MR) is 122 cm³/mol. The molecule has 0 fully saturated rings. The van der Waals surface area contributed by atoms with Crippen LogP contribution in [0.5, 0.6) is 0 Å². The quantitative estimate of drug-likeness (QED) is 0.207. The Kier molecular flexibility index (Phi) is 12.0. The number of nitrogens with one attached hydrogen (secondary N) is 3. The summed E-state index contributed by atoms with van der Waals surface area (Å²) in [6.07, 6.45) is 4.83. The average Bonchev–Trinajstić information content (AvgIpc) is 3.04. The molecule has 0 amide bonds. The van der Waals surface area contributed by atoms with Gasteiger partial charge in [-0.3, -0.25) is 4.99 Å². The molecule has 0 saturated carbocycles. The highest BCUT2D eigenvalue weighted by molar-refractivity contribution is 14.0. The summed E-state index contributed by atoms with van der Waals surface area (Å²) in [5, 5.41) is 13.2. The van der Waals surface area contributed by atoms with E-state index in [1.807, 2.05) is 25.1 Å². The molecule has 0 atom stereocenters. The molecule has 0 saturated heterocycles. The van der Waals surface area contributed by atoms with E-state index in [0.717, 1.165) is 67.9 Å². The number of unbranched alkanes of at least 4 members (excludes halogenated alkanes) is 1. The van der Waals surface area contributed by atoms with Crippen molar-refractivity contribution in [2.45, 2.75) is 33.1 Å². The first kappa shape index (κ1) is 22.6. The third-order valence-electron chi connectivity index (χ3n) is 3.51. The average molecular weight is 488 g/mol. The molecule has 144 valence electrons. The summed E-state index contributed by atoms with van der Waals surface area (Å²) < 4.78 is 0. The second-order valence-corrected chi connectivity index (χ2v) is 6.71. The second-order valence-electron chi connectivity index (χ2n) is 5.64. The van der Waals surface area contributed by atoms with Gasteiger partial charge in [0.2, 0.25) is 0 Å². The van der Waals surface area contributed by atoms with E-state index in [0.29, 0.717) is 0 Å². The van der Waals surface area contributed by atoms with Gasteiger partial charge in [-0.15, -0.1) is 35.3 Å². The lowest BCUT2D eigenvalue weighted by molar-refractivity contribution is 0.748. The van der Waals surface area contributed by atoms with Gasteiger partial charge >= 0.3 is 0 Å². The third kappa shape index (κ3) is 9.33. The Bertz CT molecular complexity index is 632. The number of aryl methyl sites for hydroxylation is 1. The van der Waals surface area contributed by atoms with E-state index < -0.39 is 0 Å². The van der Waals surface area contributed by atoms with Crippen molar-refractivity contribution in [2.24, 2.45) is 4.99 Å². The van der Waals surface area contributed by atoms with Crippen molar-refractivity contribution in [3.63, 3.8) is 0 Å². The van der Waals surface area contributed by atoms with Gasteiger partial charge in [-0.25, -0.2) is 9.97 Å². The summed E-state index contributed by atoms with van der Waals surface area (Å²) >= 11 is 1.70. The van der Waals surface area contributed by atoms with Crippen LogP contribution < -0.4 is 16.0 Å². The normalized spacial score (nSPS) is 10.9. The predicted octanol–water partition coefficient (Wildman–Crippen LogP) is 3.45. The molecule has 0 radical (unpaired) electrons. The van der Waals surface area contributed by atoms with Crippen molar-refractivity contribution in [1.82, 2.24) is 20.6 Å². The molecule has 2 rings (SSSR count). The molecular formula is C18H29IN6S. The molecule has 0 unspecified atom stereocenters. The standard InChI is InChI=1S/C18H28N6S.HI/c1-3-19-18(23-13-9-16-14-25-15(2)24-16)22-12-7-6-11-21-17-8-4-5-10-20-17;/h4-5,8,10,14H,3,6-7,9,11-13H2,1-2H3,(H,20,21)(H2,19,22,23);1H. The molecule has 2 heterocycles. The van der Waals surface area contributed by atoms with Gasteiger partial charge in [0.05, 0.1) is 10.7 Å².